The monoisotopic (exact) mass is 252 g/mol. The van der Waals surface area contributed by atoms with Gasteiger partial charge in [-0.3, -0.25) is 0 Å². The van der Waals surface area contributed by atoms with E-state index in [1.54, 1.807) is 11.3 Å². The molecule has 0 fully saturated rings. The number of aliphatic hydroxyl groups excluding tert-OH is 1. The lowest BCUT2D eigenvalue weighted by Gasteiger charge is -2.08. The first kappa shape index (κ1) is 11.6. The van der Waals surface area contributed by atoms with Crippen LogP contribution >= 0.6 is 22.9 Å². The molecule has 1 aromatic heterocycles. The van der Waals surface area contributed by atoms with Gasteiger partial charge in [0.15, 0.2) is 0 Å². The van der Waals surface area contributed by atoms with Gasteiger partial charge in [0, 0.05) is 9.90 Å². The second-order valence-electron chi connectivity index (χ2n) is 3.70. The normalized spacial score (nSPS) is 12.6. The third kappa shape index (κ3) is 3.08. The van der Waals surface area contributed by atoms with Gasteiger partial charge in [-0.15, -0.1) is 11.3 Å². The molecule has 2 rings (SSSR count). The van der Waals surface area contributed by atoms with Crippen LogP contribution < -0.4 is 0 Å². The van der Waals surface area contributed by atoms with Crippen molar-refractivity contribution in [2.24, 2.45) is 0 Å². The van der Waals surface area contributed by atoms with E-state index in [2.05, 4.69) is 0 Å². The number of thiophene rings is 1. The Morgan fingerprint density at radius 2 is 2.12 bits per heavy atom. The van der Waals surface area contributed by atoms with Gasteiger partial charge in [-0.25, -0.2) is 0 Å². The number of hydrogen-bond donors (Lipinski definition) is 1. The first-order valence-electron chi connectivity index (χ1n) is 5.21. The summed E-state index contributed by atoms with van der Waals surface area (Å²) in [5.41, 5.74) is 1.17. The van der Waals surface area contributed by atoms with Crippen LogP contribution in [0.25, 0.3) is 0 Å². The molecule has 1 aromatic carbocycles. The molecule has 16 heavy (non-hydrogen) atoms. The standard InChI is InChI=1S/C13H13ClOS/c14-11-4-1-3-10(9-11)6-7-12(15)13-5-2-8-16-13/h1-5,8-9,12,15H,6-7H2. The van der Waals surface area contributed by atoms with Crippen molar-refractivity contribution >= 4 is 22.9 Å². The van der Waals surface area contributed by atoms with E-state index in [4.69, 9.17) is 11.6 Å². The molecular weight excluding hydrogens is 240 g/mol. The van der Waals surface area contributed by atoms with E-state index in [9.17, 15) is 5.11 Å². The Hall–Kier alpha value is -0.830. The molecule has 0 bridgehead atoms. The van der Waals surface area contributed by atoms with Gasteiger partial charge in [0.25, 0.3) is 0 Å². The maximum atomic E-state index is 9.92. The molecule has 3 heteroatoms. The number of benzene rings is 1. The SMILES string of the molecule is OC(CCc1cccc(Cl)c1)c1cccs1. The summed E-state index contributed by atoms with van der Waals surface area (Å²) in [5, 5.41) is 12.7. The van der Waals surface area contributed by atoms with E-state index in [0.717, 1.165) is 22.7 Å². The summed E-state index contributed by atoms with van der Waals surface area (Å²) in [6, 6.07) is 11.7. The van der Waals surface area contributed by atoms with E-state index < -0.39 is 0 Å². The topological polar surface area (TPSA) is 20.2 Å². The van der Waals surface area contributed by atoms with Crippen LogP contribution in [0.5, 0.6) is 0 Å². The third-order valence-corrected chi connectivity index (χ3v) is 3.68. The lowest BCUT2D eigenvalue weighted by Crippen LogP contribution is -1.97. The number of halogens is 1. The predicted octanol–water partition coefficient (Wildman–Crippen LogP) is 4.07. The van der Waals surface area contributed by atoms with Crippen LogP contribution in [-0.4, -0.2) is 5.11 Å². The Labute approximate surface area is 104 Å². The van der Waals surface area contributed by atoms with Crippen molar-refractivity contribution in [2.45, 2.75) is 18.9 Å². The summed E-state index contributed by atoms with van der Waals surface area (Å²) < 4.78 is 0. The zero-order valence-corrected chi connectivity index (χ0v) is 10.3. The van der Waals surface area contributed by atoms with Gasteiger partial charge >= 0.3 is 0 Å². The number of aliphatic hydroxyl groups is 1. The minimum absolute atomic E-state index is 0.362. The van der Waals surface area contributed by atoms with E-state index >= 15 is 0 Å². The molecular formula is C13H13ClOS. The molecule has 0 aliphatic rings. The molecule has 1 N–H and O–H groups in total. The number of rotatable bonds is 4. The molecule has 1 atom stereocenters. The molecule has 1 nitrogen and oxygen atoms in total. The van der Waals surface area contributed by atoms with Gasteiger partial charge in [0.1, 0.15) is 0 Å². The zero-order chi connectivity index (χ0) is 11.4. The van der Waals surface area contributed by atoms with Gasteiger partial charge in [-0.1, -0.05) is 29.8 Å². The quantitative estimate of drug-likeness (QED) is 0.870. The molecule has 1 unspecified atom stereocenters. The molecule has 2 aromatic rings. The highest BCUT2D eigenvalue weighted by molar-refractivity contribution is 7.10. The Morgan fingerprint density at radius 1 is 1.25 bits per heavy atom. The highest BCUT2D eigenvalue weighted by Gasteiger charge is 2.08. The van der Waals surface area contributed by atoms with Gasteiger partial charge in [-0.05, 0) is 42.0 Å². The summed E-state index contributed by atoms with van der Waals surface area (Å²) in [4.78, 5) is 1.03. The van der Waals surface area contributed by atoms with E-state index in [1.165, 1.54) is 5.56 Å². The minimum atomic E-state index is -0.362. The third-order valence-electron chi connectivity index (χ3n) is 2.47. The van der Waals surface area contributed by atoms with Crippen LogP contribution in [0.15, 0.2) is 41.8 Å². The van der Waals surface area contributed by atoms with Gasteiger partial charge in [-0.2, -0.15) is 0 Å². The van der Waals surface area contributed by atoms with Crippen molar-refractivity contribution in [3.8, 4) is 0 Å². The Kier molecular flexibility index (Phi) is 3.99. The average Bonchev–Trinajstić information content (AvgIpc) is 2.79. The van der Waals surface area contributed by atoms with E-state index in [1.807, 2.05) is 41.8 Å². The van der Waals surface area contributed by atoms with Crippen LogP contribution in [0.1, 0.15) is 23.0 Å². The first-order valence-corrected chi connectivity index (χ1v) is 6.47. The van der Waals surface area contributed by atoms with Crippen LogP contribution in [-0.2, 0) is 6.42 Å². The van der Waals surface area contributed by atoms with Gasteiger partial charge in [0.05, 0.1) is 6.10 Å². The molecule has 0 aliphatic heterocycles. The Morgan fingerprint density at radius 3 is 2.81 bits per heavy atom. The molecule has 84 valence electrons. The maximum absolute atomic E-state index is 9.92. The Bertz CT molecular complexity index is 439. The lowest BCUT2D eigenvalue weighted by molar-refractivity contribution is 0.171. The zero-order valence-electron chi connectivity index (χ0n) is 8.77. The van der Waals surface area contributed by atoms with Crippen LogP contribution in [0.4, 0.5) is 0 Å². The van der Waals surface area contributed by atoms with Gasteiger partial charge < -0.3 is 5.11 Å². The molecule has 0 amide bonds. The van der Waals surface area contributed by atoms with Crippen molar-refractivity contribution in [1.29, 1.82) is 0 Å². The molecule has 0 spiro atoms. The second kappa shape index (κ2) is 5.48. The van der Waals surface area contributed by atoms with Crippen LogP contribution in [0, 0.1) is 0 Å². The predicted molar refractivity (Wildman–Crippen MR) is 69.1 cm³/mol. The smallest absolute Gasteiger partial charge is 0.0885 e. The van der Waals surface area contributed by atoms with Crippen molar-refractivity contribution < 1.29 is 5.11 Å². The Balaban J connectivity index is 1.92. The fourth-order valence-corrected chi connectivity index (χ4v) is 2.58. The second-order valence-corrected chi connectivity index (χ2v) is 5.12. The summed E-state index contributed by atoms with van der Waals surface area (Å²) in [6.07, 6.45) is 1.22. The van der Waals surface area contributed by atoms with Crippen molar-refractivity contribution in [1.82, 2.24) is 0 Å². The van der Waals surface area contributed by atoms with Crippen molar-refractivity contribution in [3.63, 3.8) is 0 Å². The van der Waals surface area contributed by atoms with E-state index in [-0.39, 0.29) is 6.10 Å². The molecule has 1 heterocycles. The average molecular weight is 253 g/mol. The largest absolute Gasteiger partial charge is 0.388 e. The summed E-state index contributed by atoms with van der Waals surface area (Å²) in [7, 11) is 0. The van der Waals surface area contributed by atoms with E-state index in [0.29, 0.717) is 0 Å². The van der Waals surface area contributed by atoms with Gasteiger partial charge in [0.2, 0.25) is 0 Å². The lowest BCUT2D eigenvalue weighted by atomic mass is 10.1. The fourth-order valence-electron chi connectivity index (χ4n) is 1.62. The fraction of sp³-hybridized carbons (Fsp3) is 0.231. The highest BCUT2D eigenvalue weighted by atomic mass is 35.5. The highest BCUT2D eigenvalue weighted by Crippen LogP contribution is 2.23. The summed E-state index contributed by atoms with van der Waals surface area (Å²) in [6.45, 7) is 0. The van der Waals surface area contributed by atoms with Crippen molar-refractivity contribution in [3.05, 3.63) is 57.2 Å². The van der Waals surface area contributed by atoms with Crippen LogP contribution in [0.3, 0.4) is 0 Å². The number of hydrogen-bond acceptors (Lipinski definition) is 2. The minimum Gasteiger partial charge on any atom is -0.388 e. The molecule has 0 saturated carbocycles. The first-order chi connectivity index (χ1) is 7.75. The summed E-state index contributed by atoms with van der Waals surface area (Å²) >= 11 is 7.49. The molecule has 0 saturated heterocycles. The van der Waals surface area contributed by atoms with Crippen LogP contribution in [0.2, 0.25) is 5.02 Å². The van der Waals surface area contributed by atoms with Crippen molar-refractivity contribution in [2.75, 3.05) is 0 Å². The molecule has 0 radical (unpaired) electrons. The molecule has 0 aliphatic carbocycles. The maximum Gasteiger partial charge on any atom is 0.0885 e. The summed E-state index contributed by atoms with van der Waals surface area (Å²) in [5.74, 6) is 0. The number of aryl methyl sites for hydroxylation is 1.